The Hall–Kier alpha value is -3.17. The number of aromatic nitrogens is 3. The van der Waals surface area contributed by atoms with E-state index < -0.39 is 5.97 Å². The Morgan fingerprint density at radius 2 is 1.86 bits per heavy atom. The van der Waals surface area contributed by atoms with Crippen LogP contribution in [-0.2, 0) is 21.0 Å². The van der Waals surface area contributed by atoms with Crippen LogP contribution in [0.15, 0.2) is 17.5 Å². The van der Waals surface area contributed by atoms with Gasteiger partial charge >= 0.3 is 5.97 Å². The van der Waals surface area contributed by atoms with Gasteiger partial charge in [0.25, 0.3) is 0 Å². The molecule has 3 aliphatic rings. The average molecular weight is 497 g/mol. The first kappa shape index (κ1) is 24.5. The normalized spacial score (nSPS) is 28.1. The van der Waals surface area contributed by atoms with Crippen molar-refractivity contribution in [2.45, 2.75) is 89.8 Å². The van der Waals surface area contributed by atoms with Crippen LogP contribution in [0.2, 0.25) is 0 Å². The molecule has 0 saturated heterocycles. The molecule has 5 rings (SSSR count). The fourth-order valence-corrected chi connectivity index (χ4v) is 5.98. The van der Waals surface area contributed by atoms with Gasteiger partial charge in [-0.15, -0.1) is 0 Å². The fourth-order valence-electron chi connectivity index (χ4n) is 5.98. The molecular weight excluding hydrogens is 460 g/mol. The van der Waals surface area contributed by atoms with Gasteiger partial charge in [-0.1, -0.05) is 5.16 Å². The van der Waals surface area contributed by atoms with Crippen molar-refractivity contribution < 1.29 is 19.5 Å². The van der Waals surface area contributed by atoms with Crippen LogP contribution in [0.4, 0.5) is 5.69 Å². The van der Waals surface area contributed by atoms with Crippen LogP contribution in [-0.4, -0.2) is 55.6 Å². The molecule has 0 radical (unpaired) electrons. The summed E-state index contributed by atoms with van der Waals surface area (Å²) in [6.07, 6.45) is 10.5. The predicted octanol–water partition coefficient (Wildman–Crippen LogP) is 3.70. The number of amides is 1. The van der Waals surface area contributed by atoms with Crippen LogP contribution in [0, 0.1) is 11.8 Å². The maximum absolute atomic E-state index is 12.3. The zero-order valence-corrected chi connectivity index (χ0v) is 21.1. The lowest BCUT2D eigenvalue weighted by Gasteiger charge is -2.34. The third-order valence-electron chi connectivity index (χ3n) is 8.16. The highest BCUT2D eigenvalue weighted by atomic mass is 16.7. The van der Waals surface area contributed by atoms with Gasteiger partial charge in [-0.3, -0.25) is 9.59 Å². The Labute approximate surface area is 210 Å². The summed E-state index contributed by atoms with van der Waals surface area (Å²) < 4.78 is 1.88. The Bertz CT molecular complexity index is 1160. The van der Waals surface area contributed by atoms with E-state index in [1.807, 2.05) is 30.9 Å². The molecule has 3 N–H and O–H groups in total. The Balaban J connectivity index is 1.36. The van der Waals surface area contributed by atoms with Gasteiger partial charge in [0.2, 0.25) is 5.91 Å². The highest BCUT2D eigenvalue weighted by molar-refractivity contribution is 6.10. The summed E-state index contributed by atoms with van der Waals surface area (Å²) in [5.41, 5.74) is 3.19. The lowest BCUT2D eigenvalue weighted by molar-refractivity contribution is -0.142. The molecule has 2 aromatic rings. The van der Waals surface area contributed by atoms with E-state index in [-0.39, 0.29) is 29.4 Å². The summed E-state index contributed by atoms with van der Waals surface area (Å²) in [6.45, 7) is 5.36. The molecule has 2 aromatic heterocycles. The van der Waals surface area contributed by atoms with Gasteiger partial charge in [-0.25, -0.2) is 9.67 Å². The Kier molecular flexibility index (Phi) is 6.85. The number of carboxylic acids is 1. The molecule has 2 aliphatic carbocycles. The van der Waals surface area contributed by atoms with Crippen LogP contribution >= 0.6 is 0 Å². The smallest absolute Gasteiger partial charge is 0.306 e. The predicted molar refractivity (Wildman–Crippen MR) is 136 cm³/mol. The third-order valence-corrected chi connectivity index (χ3v) is 8.16. The van der Waals surface area contributed by atoms with Crippen molar-refractivity contribution in [3.63, 3.8) is 0 Å². The van der Waals surface area contributed by atoms with Gasteiger partial charge in [0.15, 0.2) is 5.65 Å². The number of carboxylic acid groups (broad SMARTS) is 1. The molecule has 10 nitrogen and oxygen atoms in total. The van der Waals surface area contributed by atoms with Crippen molar-refractivity contribution in [3.05, 3.63) is 18.0 Å². The number of aryl methyl sites for hydroxylation is 1. The number of nitrogens with one attached hydrogen (secondary N) is 2. The first-order valence-corrected chi connectivity index (χ1v) is 13.3. The number of hydrogen-bond acceptors (Lipinski definition) is 7. The van der Waals surface area contributed by atoms with Gasteiger partial charge < -0.3 is 20.6 Å². The zero-order chi connectivity index (χ0) is 25.3. The summed E-state index contributed by atoms with van der Waals surface area (Å²) in [5.74, 6) is -0.781. The maximum atomic E-state index is 12.3. The number of hydrogen-bond donors (Lipinski definition) is 3. The van der Waals surface area contributed by atoms with Crippen LogP contribution in [0.25, 0.3) is 11.0 Å². The fraction of sp³-hybridized carbons (Fsp3) is 0.654. The summed E-state index contributed by atoms with van der Waals surface area (Å²) in [5, 5.41) is 26.0. The van der Waals surface area contributed by atoms with E-state index in [4.69, 9.17) is 9.82 Å². The van der Waals surface area contributed by atoms with Crippen molar-refractivity contribution in [1.29, 1.82) is 0 Å². The van der Waals surface area contributed by atoms with Crippen molar-refractivity contribution in [2.75, 3.05) is 11.9 Å². The van der Waals surface area contributed by atoms with E-state index in [2.05, 4.69) is 20.9 Å². The summed E-state index contributed by atoms with van der Waals surface area (Å²) in [6, 6.07) is 0.180. The molecule has 0 bridgehead atoms. The number of carbonyl (C=O) groups excluding carboxylic acids is 1. The molecule has 0 aromatic carbocycles. The quantitative estimate of drug-likeness (QED) is 0.533. The van der Waals surface area contributed by atoms with Crippen molar-refractivity contribution in [3.8, 4) is 0 Å². The molecule has 194 valence electrons. The minimum atomic E-state index is -0.700. The van der Waals surface area contributed by atoms with E-state index >= 15 is 0 Å². The average Bonchev–Trinajstić information content (AvgIpc) is 3.49. The van der Waals surface area contributed by atoms with E-state index in [1.54, 1.807) is 0 Å². The number of nitrogens with zero attached hydrogens (tertiary/aromatic N) is 4. The van der Waals surface area contributed by atoms with E-state index in [9.17, 15) is 14.7 Å². The van der Waals surface area contributed by atoms with E-state index in [0.29, 0.717) is 25.8 Å². The molecule has 1 aliphatic heterocycles. The number of aliphatic carboxylic acids is 1. The van der Waals surface area contributed by atoms with E-state index in [0.717, 1.165) is 73.1 Å². The molecule has 3 heterocycles. The number of carbonyl (C=O) groups is 2. The molecule has 36 heavy (non-hydrogen) atoms. The van der Waals surface area contributed by atoms with Gasteiger partial charge in [-0.05, 0) is 65.2 Å². The maximum Gasteiger partial charge on any atom is 0.306 e. The van der Waals surface area contributed by atoms with E-state index in [1.165, 1.54) is 0 Å². The second-order valence-electron chi connectivity index (χ2n) is 10.4. The SMILES string of the molecule is CCNC(=O)C1CCC2(CC1)CC(c1cnc3c(cnn3CC)c1NC1CCC(C(=O)O)CC1)=NO2. The van der Waals surface area contributed by atoms with Gasteiger partial charge in [0.1, 0.15) is 5.60 Å². The topological polar surface area (TPSA) is 131 Å². The molecular formula is C26H36N6O4. The lowest BCUT2D eigenvalue weighted by Crippen LogP contribution is -2.40. The molecule has 1 amide bonds. The number of fused-ring (bicyclic) bond motifs is 1. The highest BCUT2D eigenvalue weighted by Gasteiger charge is 2.44. The third kappa shape index (κ3) is 4.65. The first-order valence-electron chi connectivity index (χ1n) is 13.3. The van der Waals surface area contributed by atoms with Crippen molar-refractivity contribution in [1.82, 2.24) is 20.1 Å². The first-order chi connectivity index (χ1) is 17.4. The molecule has 0 atom stereocenters. The summed E-state index contributed by atoms with van der Waals surface area (Å²) in [4.78, 5) is 34.5. The Morgan fingerprint density at radius 3 is 2.53 bits per heavy atom. The molecule has 0 unspecified atom stereocenters. The van der Waals surface area contributed by atoms with Gasteiger partial charge in [0, 0.05) is 43.2 Å². The summed E-state index contributed by atoms with van der Waals surface area (Å²) in [7, 11) is 0. The van der Waals surface area contributed by atoms with Crippen LogP contribution in [0.5, 0.6) is 0 Å². The van der Waals surface area contributed by atoms with Gasteiger partial charge in [-0.2, -0.15) is 5.10 Å². The largest absolute Gasteiger partial charge is 0.481 e. The second-order valence-corrected chi connectivity index (χ2v) is 10.4. The molecule has 2 saturated carbocycles. The van der Waals surface area contributed by atoms with Crippen LogP contribution in [0.3, 0.4) is 0 Å². The zero-order valence-electron chi connectivity index (χ0n) is 21.1. The minimum Gasteiger partial charge on any atom is -0.481 e. The Morgan fingerprint density at radius 1 is 1.11 bits per heavy atom. The lowest BCUT2D eigenvalue weighted by atomic mass is 9.75. The number of oxime groups is 1. The molecule has 2 fully saturated rings. The number of anilines is 1. The second kappa shape index (κ2) is 10.1. The molecule has 10 heteroatoms. The van der Waals surface area contributed by atoms with Crippen LogP contribution < -0.4 is 10.6 Å². The van der Waals surface area contributed by atoms with Crippen molar-refractivity contribution >= 4 is 34.3 Å². The monoisotopic (exact) mass is 496 g/mol. The summed E-state index contributed by atoms with van der Waals surface area (Å²) >= 11 is 0. The minimum absolute atomic E-state index is 0.0410. The standard InChI is InChI=1S/C26H36N6O4/c1-3-27-24(33)16-9-11-26(12-10-16)13-21(31-36-26)19-14-28-23-20(15-29-32(23)4-2)22(19)30-18-7-5-17(6-8-18)25(34)35/h14-18H,3-13H2,1-2H3,(H,27,33)(H,28,30)(H,34,35). The van der Waals surface area contributed by atoms with Crippen molar-refractivity contribution in [2.24, 2.45) is 17.0 Å². The van der Waals surface area contributed by atoms with Gasteiger partial charge in [0.05, 0.1) is 28.9 Å². The highest BCUT2D eigenvalue weighted by Crippen LogP contribution is 2.43. The number of rotatable bonds is 7. The van der Waals surface area contributed by atoms with Crippen LogP contribution in [0.1, 0.15) is 77.2 Å². The number of pyridine rings is 1. The molecule has 1 spiro atoms.